The van der Waals surface area contributed by atoms with Crippen molar-refractivity contribution >= 4 is 17.9 Å². The maximum atomic E-state index is 12.8. The zero-order valence-electron chi connectivity index (χ0n) is 44.0. The van der Waals surface area contributed by atoms with Crippen LogP contribution in [0.1, 0.15) is 213 Å². The van der Waals surface area contributed by atoms with Crippen LogP contribution in [0.3, 0.4) is 0 Å². The van der Waals surface area contributed by atoms with Gasteiger partial charge in [-0.3, -0.25) is 14.4 Å². The van der Waals surface area contributed by atoms with Crippen LogP contribution in [0.5, 0.6) is 0 Å². The van der Waals surface area contributed by atoms with Gasteiger partial charge in [-0.05, 0) is 96.3 Å². The zero-order chi connectivity index (χ0) is 50.0. The molecule has 0 spiro atoms. The van der Waals surface area contributed by atoms with Crippen molar-refractivity contribution in [2.24, 2.45) is 0 Å². The van der Waals surface area contributed by atoms with Gasteiger partial charge >= 0.3 is 17.9 Å². The van der Waals surface area contributed by atoms with Crippen molar-refractivity contribution in [1.29, 1.82) is 0 Å². The number of hydrogen-bond donors (Lipinski definition) is 0. The van der Waals surface area contributed by atoms with E-state index in [1.165, 1.54) is 77.0 Å². The Kier molecular flexibility index (Phi) is 52.1. The van der Waals surface area contributed by atoms with Gasteiger partial charge in [0.2, 0.25) is 0 Å². The van der Waals surface area contributed by atoms with E-state index in [9.17, 15) is 14.4 Å². The van der Waals surface area contributed by atoms with Gasteiger partial charge in [0.05, 0.1) is 0 Å². The Morgan fingerprint density at radius 2 is 0.638 bits per heavy atom. The zero-order valence-corrected chi connectivity index (χ0v) is 44.0. The van der Waals surface area contributed by atoms with Crippen LogP contribution in [0.15, 0.2) is 146 Å². The first-order valence-corrected chi connectivity index (χ1v) is 27.5. The molecule has 0 aromatic heterocycles. The third-order valence-electron chi connectivity index (χ3n) is 11.0. The molecule has 0 heterocycles. The third kappa shape index (κ3) is 54.1. The number of carbonyl (C=O) groups excluding carboxylic acids is 3. The molecule has 0 radical (unpaired) electrons. The largest absolute Gasteiger partial charge is 0.462 e. The van der Waals surface area contributed by atoms with Gasteiger partial charge < -0.3 is 14.2 Å². The molecule has 0 bridgehead atoms. The Morgan fingerprint density at radius 1 is 0.319 bits per heavy atom. The molecule has 0 rings (SSSR count). The molecule has 69 heavy (non-hydrogen) atoms. The lowest BCUT2D eigenvalue weighted by Crippen LogP contribution is -2.30. The molecular formula is C63H98O6. The van der Waals surface area contributed by atoms with Crippen molar-refractivity contribution in [3.63, 3.8) is 0 Å². The predicted molar refractivity (Wildman–Crippen MR) is 297 cm³/mol. The van der Waals surface area contributed by atoms with E-state index in [1.54, 1.807) is 0 Å². The average molecular weight is 951 g/mol. The van der Waals surface area contributed by atoms with Crippen molar-refractivity contribution in [2.45, 2.75) is 219 Å². The summed E-state index contributed by atoms with van der Waals surface area (Å²) in [6, 6.07) is 0. The second kappa shape index (κ2) is 55.9. The Hall–Kier alpha value is -4.71. The monoisotopic (exact) mass is 951 g/mol. The van der Waals surface area contributed by atoms with Gasteiger partial charge in [-0.1, -0.05) is 244 Å². The average Bonchev–Trinajstić information content (AvgIpc) is 3.35. The van der Waals surface area contributed by atoms with Gasteiger partial charge in [0.15, 0.2) is 6.10 Å². The standard InChI is InChI=1S/C63H98O6/c1-4-7-10-13-16-19-22-25-28-30-31-33-35-38-41-44-47-50-53-56-62(65)68-59-60(58-67-61(64)55-52-49-46-43-40-37-34-27-24-21-18-15-12-9-6-3)69-63(66)57-54-51-48-45-42-39-36-32-29-26-23-20-17-14-11-8-5-2/h7,10,13,16,18-19,21-22,24-31,33,35-36,38-39,41,45,48,60H,4-6,8-9,11-12,14-15,17,20,23,32,34,37,40,42-44,46-47,49-59H2,1-3H3/b10-7-,16-13-,21-18-,22-19-,27-24-,28-25-,29-26-,31-30+,35-33-,39-36-,41-38-,48-45-. The van der Waals surface area contributed by atoms with Gasteiger partial charge in [-0.25, -0.2) is 0 Å². The van der Waals surface area contributed by atoms with E-state index >= 15 is 0 Å². The topological polar surface area (TPSA) is 78.9 Å². The van der Waals surface area contributed by atoms with Gasteiger partial charge in [0.1, 0.15) is 13.2 Å². The summed E-state index contributed by atoms with van der Waals surface area (Å²) in [6.45, 7) is 6.35. The van der Waals surface area contributed by atoms with Crippen LogP contribution in [0.4, 0.5) is 0 Å². The number of hydrogen-bond acceptors (Lipinski definition) is 6. The number of unbranched alkanes of at least 4 members (excludes halogenated alkanes) is 19. The van der Waals surface area contributed by atoms with Crippen molar-refractivity contribution in [3.8, 4) is 0 Å². The lowest BCUT2D eigenvalue weighted by Gasteiger charge is -2.18. The molecule has 6 nitrogen and oxygen atoms in total. The molecule has 0 aliphatic carbocycles. The van der Waals surface area contributed by atoms with E-state index in [-0.39, 0.29) is 44.0 Å². The van der Waals surface area contributed by atoms with Gasteiger partial charge in [-0.15, -0.1) is 0 Å². The van der Waals surface area contributed by atoms with Crippen LogP contribution < -0.4 is 0 Å². The summed E-state index contributed by atoms with van der Waals surface area (Å²) < 4.78 is 16.7. The highest BCUT2D eigenvalue weighted by molar-refractivity contribution is 5.71. The predicted octanol–water partition coefficient (Wildman–Crippen LogP) is 18.4. The van der Waals surface area contributed by atoms with Crippen LogP contribution >= 0.6 is 0 Å². The second-order valence-corrected chi connectivity index (χ2v) is 17.6. The highest BCUT2D eigenvalue weighted by Gasteiger charge is 2.19. The van der Waals surface area contributed by atoms with Crippen LogP contribution in [0.2, 0.25) is 0 Å². The fourth-order valence-electron chi connectivity index (χ4n) is 6.90. The molecule has 0 N–H and O–H groups in total. The number of carbonyl (C=O) groups is 3. The van der Waals surface area contributed by atoms with Crippen molar-refractivity contribution < 1.29 is 28.6 Å². The van der Waals surface area contributed by atoms with Crippen molar-refractivity contribution in [2.75, 3.05) is 13.2 Å². The second-order valence-electron chi connectivity index (χ2n) is 17.6. The van der Waals surface area contributed by atoms with E-state index in [1.807, 2.05) is 72.9 Å². The normalized spacial score (nSPS) is 13.3. The number of ether oxygens (including phenoxy) is 3. The van der Waals surface area contributed by atoms with Crippen LogP contribution in [-0.4, -0.2) is 37.2 Å². The van der Waals surface area contributed by atoms with Crippen molar-refractivity contribution in [1.82, 2.24) is 0 Å². The Morgan fingerprint density at radius 3 is 1.12 bits per heavy atom. The molecule has 0 saturated carbocycles. The summed E-state index contributed by atoms with van der Waals surface area (Å²) >= 11 is 0. The molecule has 0 aromatic rings. The molecule has 0 saturated heterocycles. The Bertz CT molecular complexity index is 1560. The smallest absolute Gasteiger partial charge is 0.306 e. The molecule has 1 unspecified atom stereocenters. The maximum absolute atomic E-state index is 12.8. The molecule has 0 fully saturated rings. The molecule has 0 amide bonds. The first-order valence-electron chi connectivity index (χ1n) is 27.5. The lowest BCUT2D eigenvalue weighted by molar-refractivity contribution is -0.167. The summed E-state index contributed by atoms with van der Waals surface area (Å²) in [5, 5.41) is 0. The summed E-state index contributed by atoms with van der Waals surface area (Å²) in [4.78, 5) is 38.1. The molecule has 0 aliphatic rings. The molecule has 1 atom stereocenters. The molecule has 0 aliphatic heterocycles. The summed E-state index contributed by atoms with van der Waals surface area (Å²) in [6.07, 6.45) is 79.7. The quantitative estimate of drug-likeness (QED) is 0.0199. The summed E-state index contributed by atoms with van der Waals surface area (Å²) in [5.74, 6) is -1.04. The number of allylic oxidation sites excluding steroid dienone is 24. The van der Waals surface area contributed by atoms with Crippen LogP contribution in [-0.2, 0) is 28.6 Å². The third-order valence-corrected chi connectivity index (χ3v) is 11.0. The maximum Gasteiger partial charge on any atom is 0.306 e. The molecule has 6 heteroatoms. The summed E-state index contributed by atoms with van der Waals surface area (Å²) in [7, 11) is 0. The minimum absolute atomic E-state index is 0.125. The minimum Gasteiger partial charge on any atom is -0.462 e. The summed E-state index contributed by atoms with van der Waals surface area (Å²) in [5.41, 5.74) is 0. The fraction of sp³-hybridized carbons (Fsp3) is 0.571. The first kappa shape index (κ1) is 64.3. The van der Waals surface area contributed by atoms with Crippen molar-refractivity contribution in [3.05, 3.63) is 146 Å². The molecular weight excluding hydrogens is 853 g/mol. The Labute approximate surface area is 423 Å². The Balaban J connectivity index is 4.62. The van der Waals surface area contributed by atoms with Crippen LogP contribution in [0, 0.1) is 0 Å². The van der Waals surface area contributed by atoms with E-state index in [4.69, 9.17) is 14.2 Å². The van der Waals surface area contributed by atoms with E-state index in [0.29, 0.717) is 19.3 Å². The highest BCUT2D eigenvalue weighted by Crippen LogP contribution is 2.12. The van der Waals surface area contributed by atoms with E-state index in [0.717, 1.165) is 83.5 Å². The van der Waals surface area contributed by atoms with Gasteiger partial charge in [-0.2, -0.15) is 0 Å². The van der Waals surface area contributed by atoms with Crippen LogP contribution in [0.25, 0.3) is 0 Å². The minimum atomic E-state index is -0.835. The number of rotatable bonds is 47. The molecule has 386 valence electrons. The highest BCUT2D eigenvalue weighted by atomic mass is 16.6. The number of esters is 3. The van der Waals surface area contributed by atoms with Gasteiger partial charge in [0, 0.05) is 19.3 Å². The van der Waals surface area contributed by atoms with E-state index < -0.39 is 6.10 Å². The molecule has 0 aromatic carbocycles. The fourth-order valence-corrected chi connectivity index (χ4v) is 6.90. The van der Waals surface area contributed by atoms with Gasteiger partial charge in [0.25, 0.3) is 0 Å². The SMILES string of the molecule is CC\C=C/C=C\C=C/C=C\C=C\C=C/C=C\CCCCCC(=O)OCC(COC(=O)CCCCCCCC/C=C\C=C/CCCCC)OC(=O)CCC/C=C\C/C=C\C/C=C\CCCCCCCC. The lowest BCUT2D eigenvalue weighted by atomic mass is 10.1. The van der Waals surface area contributed by atoms with E-state index in [2.05, 4.69) is 93.7 Å². The first-order chi connectivity index (χ1) is 34.0.